The van der Waals surface area contributed by atoms with Gasteiger partial charge in [-0.3, -0.25) is 4.98 Å². The number of phenols is 1. The normalized spacial score (nSPS) is 11.7. The number of benzene rings is 4. The Morgan fingerprint density at radius 3 is 2.31 bits per heavy atom. The first-order valence-corrected chi connectivity index (χ1v) is 13.2. The summed E-state index contributed by atoms with van der Waals surface area (Å²) in [6.07, 6.45) is 2.49. The largest absolute Gasteiger partial charge is 0.507 e. The molecule has 6 aromatic rings. The van der Waals surface area contributed by atoms with E-state index in [1.54, 1.807) is 6.07 Å². The Morgan fingerprint density at radius 2 is 1.54 bits per heavy atom. The molecule has 0 aliphatic rings. The Labute approximate surface area is 228 Å². The van der Waals surface area contributed by atoms with Gasteiger partial charge in [0.15, 0.2) is 5.58 Å². The standard InChI is InChI=1S/C35H30N2O2/c1-35(2,3)27-21-25(20-26(22-27)29-15-7-8-18-36-29)28-14-10-17-31-33(28)37-34(39-31)32-24(13-9-16-30(32)38)19-23-11-5-4-6-12-23/h4-18,20-22,38H,19H2,1-3H3. The lowest BCUT2D eigenvalue weighted by molar-refractivity contribution is 0.473. The summed E-state index contributed by atoms with van der Waals surface area (Å²) in [5.41, 5.74) is 9.36. The van der Waals surface area contributed by atoms with E-state index < -0.39 is 0 Å². The van der Waals surface area contributed by atoms with Gasteiger partial charge in [-0.2, -0.15) is 0 Å². The number of phenolic OH excluding ortho intramolecular Hbond substituents is 1. The van der Waals surface area contributed by atoms with Gasteiger partial charge in [-0.1, -0.05) is 87.5 Å². The van der Waals surface area contributed by atoms with Gasteiger partial charge >= 0.3 is 0 Å². The first-order valence-electron chi connectivity index (χ1n) is 13.2. The van der Waals surface area contributed by atoms with Crippen LogP contribution in [0, 0.1) is 0 Å². The topological polar surface area (TPSA) is 59.2 Å². The molecule has 0 atom stereocenters. The van der Waals surface area contributed by atoms with Crippen LogP contribution in [-0.4, -0.2) is 15.1 Å². The predicted octanol–water partition coefficient (Wildman–Crippen LogP) is 8.82. The van der Waals surface area contributed by atoms with E-state index in [-0.39, 0.29) is 11.2 Å². The number of rotatable bonds is 5. The van der Waals surface area contributed by atoms with Gasteiger partial charge in [0.1, 0.15) is 11.3 Å². The van der Waals surface area contributed by atoms with Crippen LogP contribution < -0.4 is 0 Å². The molecule has 4 aromatic carbocycles. The fourth-order valence-corrected chi connectivity index (χ4v) is 4.98. The van der Waals surface area contributed by atoms with Gasteiger partial charge in [-0.25, -0.2) is 4.98 Å². The molecule has 1 N–H and O–H groups in total. The SMILES string of the molecule is CC(C)(C)c1cc(-c2ccccn2)cc(-c2cccc3oc(-c4c(O)cccc4Cc4ccccc4)nc23)c1. The molecule has 0 bridgehead atoms. The van der Waals surface area contributed by atoms with Crippen molar-refractivity contribution in [3.05, 3.63) is 126 Å². The van der Waals surface area contributed by atoms with Crippen molar-refractivity contribution in [3.8, 4) is 39.6 Å². The van der Waals surface area contributed by atoms with Crippen LogP contribution >= 0.6 is 0 Å². The molecule has 0 spiro atoms. The predicted molar refractivity (Wildman–Crippen MR) is 158 cm³/mol. The van der Waals surface area contributed by atoms with Gasteiger partial charge in [0.05, 0.1) is 11.3 Å². The second-order valence-electron chi connectivity index (χ2n) is 10.9. The molecule has 192 valence electrons. The minimum absolute atomic E-state index is 0.0510. The van der Waals surface area contributed by atoms with Gasteiger partial charge in [-0.05, 0) is 70.5 Å². The van der Waals surface area contributed by atoms with Crippen molar-refractivity contribution in [1.82, 2.24) is 9.97 Å². The molecule has 0 saturated heterocycles. The molecule has 0 radical (unpaired) electrons. The molecule has 2 heterocycles. The van der Waals surface area contributed by atoms with Crippen LogP contribution in [-0.2, 0) is 11.8 Å². The molecule has 4 heteroatoms. The Hall–Kier alpha value is -4.70. The molecule has 0 aliphatic carbocycles. The highest BCUT2D eigenvalue weighted by Gasteiger charge is 2.21. The van der Waals surface area contributed by atoms with E-state index in [1.807, 2.05) is 66.9 Å². The number of nitrogens with zero attached hydrogens (tertiary/aromatic N) is 2. The van der Waals surface area contributed by atoms with Crippen molar-refractivity contribution in [2.75, 3.05) is 0 Å². The van der Waals surface area contributed by atoms with Gasteiger partial charge in [0.2, 0.25) is 5.89 Å². The first-order chi connectivity index (χ1) is 18.9. The van der Waals surface area contributed by atoms with E-state index in [1.165, 1.54) is 5.56 Å². The fraction of sp³-hybridized carbons (Fsp3) is 0.143. The van der Waals surface area contributed by atoms with Crippen LogP contribution in [0.4, 0.5) is 0 Å². The number of para-hydroxylation sites is 1. The fourth-order valence-electron chi connectivity index (χ4n) is 4.98. The quantitative estimate of drug-likeness (QED) is 0.252. The third-order valence-electron chi connectivity index (χ3n) is 7.07. The average Bonchev–Trinajstić information content (AvgIpc) is 3.37. The first kappa shape index (κ1) is 24.6. The minimum Gasteiger partial charge on any atom is -0.507 e. The summed E-state index contributed by atoms with van der Waals surface area (Å²) < 4.78 is 6.30. The number of aromatic hydroxyl groups is 1. The van der Waals surface area contributed by atoms with Crippen molar-refractivity contribution >= 4 is 11.1 Å². The number of fused-ring (bicyclic) bond motifs is 1. The minimum atomic E-state index is -0.0510. The molecule has 39 heavy (non-hydrogen) atoms. The maximum absolute atomic E-state index is 10.9. The van der Waals surface area contributed by atoms with Crippen molar-refractivity contribution in [2.24, 2.45) is 0 Å². The lowest BCUT2D eigenvalue weighted by atomic mass is 9.83. The van der Waals surface area contributed by atoms with Crippen LogP contribution in [0.1, 0.15) is 37.5 Å². The molecular formula is C35H30N2O2. The lowest BCUT2D eigenvalue weighted by Crippen LogP contribution is -2.11. The van der Waals surface area contributed by atoms with Crippen molar-refractivity contribution in [2.45, 2.75) is 32.6 Å². The Bertz CT molecular complexity index is 1760. The zero-order valence-corrected chi connectivity index (χ0v) is 22.3. The number of aromatic nitrogens is 2. The van der Waals surface area contributed by atoms with E-state index in [9.17, 15) is 5.11 Å². The van der Waals surface area contributed by atoms with E-state index in [0.717, 1.165) is 39.0 Å². The van der Waals surface area contributed by atoms with Crippen molar-refractivity contribution < 1.29 is 9.52 Å². The van der Waals surface area contributed by atoms with Crippen LogP contribution in [0.25, 0.3) is 44.9 Å². The highest BCUT2D eigenvalue weighted by atomic mass is 16.3. The summed E-state index contributed by atoms with van der Waals surface area (Å²) >= 11 is 0. The Kier molecular flexibility index (Phi) is 6.24. The molecular weight excluding hydrogens is 480 g/mol. The number of oxazole rings is 1. The van der Waals surface area contributed by atoms with Gasteiger partial charge in [0.25, 0.3) is 0 Å². The second-order valence-corrected chi connectivity index (χ2v) is 10.9. The lowest BCUT2D eigenvalue weighted by Gasteiger charge is -2.21. The van der Waals surface area contributed by atoms with E-state index in [0.29, 0.717) is 23.5 Å². The van der Waals surface area contributed by atoms with Crippen LogP contribution in [0.15, 0.2) is 114 Å². The molecule has 2 aromatic heterocycles. The molecule has 0 unspecified atom stereocenters. The molecule has 0 saturated carbocycles. The van der Waals surface area contributed by atoms with Crippen molar-refractivity contribution in [3.63, 3.8) is 0 Å². The maximum Gasteiger partial charge on any atom is 0.231 e. The maximum atomic E-state index is 10.9. The number of hydrogen-bond acceptors (Lipinski definition) is 4. The molecule has 6 rings (SSSR count). The Balaban J connectivity index is 1.51. The summed E-state index contributed by atoms with van der Waals surface area (Å²) in [5, 5.41) is 10.9. The summed E-state index contributed by atoms with van der Waals surface area (Å²) in [5.74, 6) is 0.571. The smallest absolute Gasteiger partial charge is 0.231 e. The van der Waals surface area contributed by atoms with E-state index in [2.05, 4.69) is 62.2 Å². The average molecular weight is 511 g/mol. The van der Waals surface area contributed by atoms with Gasteiger partial charge in [-0.15, -0.1) is 0 Å². The molecule has 0 amide bonds. The number of pyridine rings is 1. The van der Waals surface area contributed by atoms with E-state index >= 15 is 0 Å². The third-order valence-corrected chi connectivity index (χ3v) is 7.07. The molecule has 0 fully saturated rings. The molecule has 4 nitrogen and oxygen atoms in total. The van der Waals surface area contributed by atoms with Crippen LogP contribution in [0.3, 0.4) is 0 Å². The summed E-state index contributed by atoms with van der Waals surface area (Å²) in [7, 11) is 0. The summed E-state index contributed by atoms with van der Waals surface area (Å²) in [6.45, 7) is 6.65. The number of hydrogen-bond donors (Lipinski definition) is 1. The zero-order chi connectivity index (χ0) is 27.0. The van der Waals surface area contributed by atoms with Crippen LogP contribution in [0.2, 0.25) is 0 Å². The third kappa shape index (κ3) is 4.94. The monoisotopic (exact) mass is 510 g/mol. The highest BCUT2D eigenvalue weighted by Crippen LogP contribution is 2.39. The zero-order valence-electron chi connectivity index (χ0n) is 22.3. The van der Waals surface area contributed by atoms with Crippen LogP contribution in [0.5, 0.6) is 5.75 Å². The van der Waals surface area contributed by atoms with E-state index in [4.69, 9.17) is 9.40 Å². The summed E-state index contributed by atoms with van der Waals surface area (Å²) in [6, 6.07) is 34.4. The highest BCUT2D eigenvalue weighted by molar-refractivity contribution is 5.93. The summed E-state index contributed by atoms with van der Waals surface area (Å²) in [4.78, 5) is 9.58. The molecule has 0 aliphatic heterocycles. The van der Waals surface area contributed by atoms with Gasteiger partial charge < -0.3 is 9.52 Å². The van der Waals surface area contributed by atoms with Gasteiger partial charge in [0, 0.05) is 17.3 Å². The second kappa shape index (κ2) is 9.88. The van der Waals surface area contributed by atoms with Crippen molar-refractivity contribution in [1.29, 1.82) is 0 Å². The Morgan fingerprint density at radius 1 is 0.769 bits per heavy atom.